The van der Waals surface area contributed by atoms with Crippen molar-refractivity contribution in [2.45, 2.75) is 69.2 Å². The van der Waals surface area contributed by atoms with E-state index in [1.807, 2.05) is 45.0 Å². The quantitative estimate of drug-likeness (QED) is 0.263. The molecule has 1 aromatic carbocycles. The molecule has 0 bridgehead atoms. The van der Waals surface area contributed by atoms with E-state index in [-0.39, 0.29) is 29.1 Å². The maximum absolute atomic E-state index is 13.0. The van der Waals surface area contributed by atoms with Gasteiger partial charge in [0.05, 0.1) is 0 Å². The Balaban J connectivity index is 1.45. The van der Waals surface area contributed by atoms with Crippen LogP contribution in [0.2, 0.25) is 0 Å². The molecule has 10 nitrogen and oxygen atoms in total. The molecule has 2 saturated heterocycles. The number of nitrogens with one attached hydrogen (secondary N) is 4. The van der Waals surface area contributed by atoms with E-state index >= 15 is 0 Å². The first-order valence-electron chi connectivity index (χ1n) is 13.5. The molecule has 1 unspecified atom stereocenters. The Hall–Kier alpha value is -2.50. The van der Waals surface area contributed by atoms with E-state index in [0.717, 1.165) is 38.2 Å². The third-order valence-electron chi connectivity index (χ3n) is 7.00. The number of hydrogen-bond acceptors (Lipinski definition) is 7. The van der Waals surface area contributed by atoms with Gasteiger partial charge in [0.2, 0.25) is 11.8 Å². The molecule has 0 aliphatic carbocycles. The highest BCUT2D eigenvalue weighted by molar-refractivity contribution is 8.01. The average molecular weight is 534 g/mol. The Kier molecular flexibility index (Phi) is 11.3. The van der Waals surface area contributed by atoms with Gasteiger partial charge in [-0.05, 0) is 70.0 Å². The lowest BCUT2D eigenvalue weighted by Crippen LogP contribution is -2.54. The summed E-state index contributed by atoms with van der Waals surface area (Å²) in [5.74, 6) is -0.228. The van der Waals surface area contributed by atoms with E-state index in [9.17, 15) is 14.4 Å². The number of urea groups is 1. The number of hydrogen-bond donors (Lipinski definition) is 5. The van der Waals surface area contributed by atoms with Crippen molar-refractivity contribution in [3.8, 4) is 0 Å². The van der Waals surface area contributed by atoms with E-state index in [1.54, 1.807) is 4.90 Å². The molecule has 2 aliphatic heterocycles. The first-order chi connectivity index (χ1) is 17.9. The summed E-state index contributed by atoms with van der Waals surface area (Å²) in [5, 5.41) is 11.3. The lowest BCUT2D eigenvalue weighted by Gasteiger charge is -2.28. The Morgan fingerprint density at radius 3 is 2.35 bits per heavy atom. The minimum absolute atomic E-state index is 0.0142. The van der Waals surface area contributed by atoms with Crippen LogP contribution in [0.1, 0.15) is 46.5 Å². The highest BCUT2D eigenvalue weighted by Gasteiger charge is 2.44. The van der Waals surface area contributed by atoms with Gasteiger partial charge in [-0.3, -0.25) is 9.59 Å². The van der Waals surface area contributed by atoms with Gasteiger partial charge in [-0.2, -0.15) is 0 Å². The van der Waals surface area contributed by atoms with Gasteiger partial charge in [-0.25, -0.2) is 4.79 Å². The molecule has 0 spiro atoms. The monoisotopic (exact) mass is 533 g/mol. The summed E-state index contributed by atoms with van der Waals surface area (Å²) in [6.07, 6.45) is 4.16. The maximum atomic E-state index is 13.0. The molecule has 0 saturated carbocycles. The molecular formula is C26H43N7O3S. The van der Waals surface area contributed by atoms with Gasteiger partial charge in [0.1, 0.15) is 16.7 Å². The molecule has 2 fully saturated rings. The molecule has 6 N–H and O–H groups in total. The lowest BCUT2D eigenvalue weighted by molar-refractivity contribution is -0.131. The van der Waals surface area contributed by atoms with Crippen LogP contribution in [0, 0.1) is 0 Å². The average Bonchev–Trinajstić information content (AvgIpc) is 3.53. The van der Waals surface area contributed by atoms with Gasteiger partial charge in [0.15, 0.2) is 0 Å². The molecule has 0 radical (unpaired) electrons. The van der Waals surface area contributed by atoms with E-state index < -0.39 is 11.4 Å². The highest BCUT2D eigenvalue weighted by Crippen LogP contribution is 2.33. The summed E-state index contributed by atoms with van der Waals surface area (Å²) in [6.45, 7) is 10.6. The van der Waals surface area contributed by atoms with Crippen LogP contribution in [-0.2, 0) is 9.59 Å². The zero-order valence-electron chi connectivity index (χ0n) is 22.3. The van der Waals surface area contributed by atoms with Crippen LogP contribution < -0.4 is 27.0 Å². The summed E-state index contributed by atoms with van der Waals surface area (Å²) in [4.78, 5) is 41.9. The summed E-state index contributed by atoms with van der Waals surface area (Å²) < 4.78 is 0. The molecule has 4 amide bonds. The van der Waals surface area contributed by atoms with Gasteiger partial charge in [-0.15, -0.1) is 11.8 Å². The highest BCUT2D eigenvalue weighted by atomic mass is 32.2. The van der Waals surface area contributed by atoms with Crippen LogP contribution in [0.4, 0.5) is 16.2 Å². The number of anilines is 2. The van der Waals surface area contributed by atoms with Crippen molar-refractivity contribution in [3.05, 3.63) is 24.3 Å². The van der Waals surface area contributed by atoms with Crippen molar-refractivity contribution in [1.82, 2.24) is 20.4 Å². The summed E-state index contributed by atoms with van der Waals surface area (Å²) >= 11 is 1.44. The van der Waals surface area contributed by atoms with Crippen LogP contribution in [0.25, 0.3) is 0 Å². The first-order valence-corrected chi connectivity index (χ1v) is 14.4. The molecule has 206 valence electrons. The largest absolute Gasteiger partial charge is 0.383 e. The van der Waals surface area contributed by atoms with E-state index in [0.29, 0.717) is 25.3 Å². The van der Waals surface area contributed by atoms with Crippen molar-refractivity contribution in [3.63, 3.8) is 0 Å². The van der Waals surface area contributed by atoms with Gasteiger partial charge in [-0.1, -0.05) is 13.8 Å². The second-order valence-corrected chi connectivity index (χ2v) is 10.9. The fourth-order valence-electron chi connectivity index (χ4n) is 4.67. The molecule has 2 heterocycles. The second-order valence-electron chi connectivity index (χ2n) is 9.58. The number of thioether (sulfide) groups is 1. The molecule has 37 heavy (non-hydrogen) atoms. The topological polar surface area (TPSA) is 132 Å². The van der Waals surface area contributed by atoms with Crippen molar-refractivity contribution in [2.75, 3.05) is 49.9 Å². The molecule has 0 aromatic heterocycles. The van der Waals surface area contributed by atoms with Crippen LogP contribution in [0.5, 0.6) is 0 Å². The van der Waals surface area contributed by atoms with Crippen molar-refractivity contribution >= 4 is 41.0 Å². The molecule has 1 aromatic rings. The number of benzene rings is 1. The van der Waals surface area contributed by atoms with Crippen molar-refractivity contribution < 1.29 is 14.4 Å². The Morgan fingerprint density at radius 2 is 1.73 bits per heavy atom. The number of nitrogens with zero attached hydrogens (tertiary/aromatic N) is 2. The second kappa shape index (κ2) is 14.4. The number of amides is 4. The Labute approximate surface area is 224 Å². The third-order valence-corrected chi connectivity index (χ3v) is 8.52. The fraction of sp³-hybridized carbons (Fsp3) is 0.654. The molecule has 3 rings (SSSR count). The van der Waals surface area contributed by atoms with Gasteiger partial charge in [0.25, 0.3) is 0 Å². The summed E-state index contributed by atoms with van der Waals surface area (Å²) in [5.41, 5.74) is 7.85. The molecule has 2 aliphatic rings. The molecule has 3 atom stereocenters. The van der Waals surface area contributed by atoms with Gasteiger partial charge >= 0.3 is 6.03 Å². The van der Waals surface area contributed by atoms with Gasteiger partial charge in [0, 0.05) is 43.6 Å². The lowest BCUT2D eigenvalue weighted by atomic mass is 10.1. The SMILES string of the molecule is CCC(CC)NC(=O)[C@@H](N)C1S[C@H](CNc2ccc(NC(=O)NCCN3CCCC3)cc2)C(=O)N1CC. The van der Waals surface area contributed by atoms with Crippen LogP contribution in [0.15, 0.2) is 24.3 Å². The van der Waals surface area contributed by atoms with Crippen LogP contribution in [-0.4, -0.2) is 89.6 Å². The number of likely N-dealkylation sites (tertiary alicyclic amines) is 1. The predicted molar refractivity (Wildman–Crippen MR) is 151 cm³/mol. The molecule has 11 heteroatoms. The number of carbonyl (C=O) groups is 3. The van der Waals surface area contributed by atoms with Gasteiger partial charge < -0.3 is 36.8 Å². The Morgan fingerprint density at radius 1 is 1.08 bits per heavy atom. The van der Waals surface area contributed by atoms with Crippen LogP contribution in [0.3, 0.4) is 0 Å². The minimum atomic E-state index is -0.786. The van der Waals surface area contributed by atoms with E-state index in [1.165, 1.54) is 24.6 Å². The summed E-state index contributed by atoms with van der Waals surface area (Å²) in [6, 6.07) is 6.47. The maximum Gasteiger partial charge on any atom is 0.319 e. The standard InChI is InChI=1S/C26H43N7O3S/c1-4-18(5-2)30-23(34)22(27)25-33(6-3)24(35)21(37-25)17-29-19-9-11-20(12-10-19)31-26(36)28-13-16-32-14-7-8-15-32/h9-12,18,21-22,25,29H,4-8,13-17,27H2,1-3H3,(H,30,34)(H2,28,31,36)/t21-,22-,25?/m1/s1. The number of nitrogens with two attached hydrogens (primary N) is 1. The predicted octanol–water partition coefficient (Wildman–Crippen LogP) is 2.24. The normalized spacial score (nSPS) is 20.8. The first kappa shape index (κ1) is 29.1. The number of carbonyl (C=O) groups excluding carboxylic acids is 3. The molecular weight excluding hydrogens is 490 g/mol. The van der Waals surface area contributed by atoms with Crippen molar-refractivity contribution in [1.29, 1.82) is 0 Å². The fourth-order valence-corrected chi connectivity index (χ4v) is 6.13. The zero-order chi connectivity index (χ0) is 26.8. The minimum Gasteiger partial charge on any atom is -0.383 e. The van der Waals surface area contributed by atoms with E-state index in [2.05, 4.69) is 26.2 Å². The Bertz CT molecular complexity index is 891. The third kappa shape index (κ3) is 8.24. The van der Waals surface area contributed by atoms with Crippen LogP contribution >= 0.6 is 11.8 Å². The van der Waals surface area contributed by atoms with E-state index in [4.69, 9.17) is 5.73 Å². The summed E-state index contributed by atoms with van der Waals surface area (Å²) in [7, 11) is 0. The zero-order valence-corrected chi connectivity index (χ0v) is 23.1. The smallest absolute Gasteiger partial charge is 0.319 e. The van der Waals surface area contributed by atoms with Crippen molar-refractivity contribution in [2.24, 2.45) is 5.73 Å². The number of likely N-dealkylation sites (N-methyl/N-ethyl adjacent to an activating group) is 1. The number of rotatable bonds is 13.